The van der Waals surface area contributed by atoms with Crippen molar-refractivity contribution >= 4 is 11.8 Å². The van der Waals surface area contributed by atoms with Crippen LogP contribution in [0.25, 0.3) is 0 Å². The summed E-state index contributed by atoms with van der Waals surface area (Å²) in [6.07, 6.45) is 1.35. The van der Waals surface area contributed by atoms with Gasteiger partial charge in [0, 0.05) is 51.3 Å². The van der Waals surface area contributed by atoms with E-state index < -0.39 is 5.82 Å². The van der Waals surface area contributed by atoms with Gasteiger partial charge in [-0.2, -0.15) is 0 Å². The molecule has 0 bridgehead atoms. The molecule has 26 heavy (non-hydrogen) atoms. The molecule has 7 heteroatoms. The summed E-state index contributed by atoms with van der Waals surface area (Å²) in [6.45, 7) is 6.14. The van der Waals surface area contributed by atoms with Crippen molar-refractivity contribution < 1.29 is 18.7 Å². The molecule has 1 aromatic rings. The summed E-state index contributed by atoms with van der Waals surface area (Å²) in [5, 5.41) is 0. The number of carbonyl (C=O) groups excluding carboxylic acids is 2. The van der Waals surface area contributed by atoms with Gasteiger partial charge in [-0.25, -0.2) is 4.39 Å². The number of hydrogen-bond acceptors (Lipinski definition) is 4. The van der Waals surface area contributed by atoms with Crippen LogP contribution >= 0.6 is 0 Å². The molecule has 0 spiro atoms. The first kappa shape index (κ1) is 18.8. The van der Waals surface area contributed by atoms with Crippen LogP contribution < -0.4 is 0 Å². The average molecular weight is 363 g/mol. The topological polar surface area (TPSA) is 53.1 Å². The summed E-state index contributed by atoms with van der Waals surface area (Å²) in [5.41, 5.74) is 0.390. The van der Waals surface area contributed by atoms with Crippen LogP contribution in [0, 0.1) is 5.82 Å². The number of carbonyl (C=O) groups is 2. The fraction of sp³-hybridized carbons (Fsp3) is 0.579. The lowest BCUT2D eigenvalue weighted by atomic mass is 10.2. The maximum Gasteiger partial charge on any atom is 0.254 e. The van der Waals surface area contributed by atoms with Crippen molar-refractivity contribution in [2.75, 3.05) is 59.0 Å². The predicted octanol–water partition coefficient (Wildman–Crippen LogP) is 1.22. The molecule has 2 aliphatic rings. The molecule has 0 radical (unpaired) electrons. The number of morpholine rings is 1. The Balaban J connectivity index is 1.47. The van der Waals surface area contributed by atoms with Gasteiger partial charge in [0.15, 0.2) is 0 Å². The van der Waals surface area contributed by atoms with Crippen LogP contribution in [0.3, 0.4) is 0 Å². The molecule has 0 saturated carbocycles. The van der Waals surface area contributed by atoms with Crippen LogP contribution in [0.1, 0.15) is 23.2 Å². The van der Waals surface area contributed by atoms with E-state index in [9.17, 15) is 14.0 Å². The maximum absolute atomic E-state index is 13.3. The molecule has 0 N–H and O–H groups in total. The van der Waals surface area contributed by atoms with E-state index in [0.717, 1.165) is 19.5 Å². The zero-order valence-electron chi connectivity index (χ0n) is 15.0. The summed E-state index contributed by atoms with van der Waals surface area (Å²) in [5.74, 6) is -0.352. The Kier molecular flexibility index (Phi) is 6.57. The molecule has 0 unspecified atom stereocenters. The molecule has 0 aliphatic carbocycles. The van der Waals surface area contributed by atoms with E-state index in [2.05, 4.69) is 4.90 Å². The summed E-state index contributed by atoms with van der Waals surface area (Å²) in [4.78, 5) is 30.7. The smallest absolute Gasteiger partial charge is 0.254 e. The highest BCUT2D eigenvalue weighted by atomic mass is 19.1. The molecule has 2 fully saturated rings. The fourth-order valence-corrected chi connectivity index (χ4v) is 3.43. The van der Waals surface area contributed by atoms with E-state index in [1.807, 2.05) is 4.90 Å². The Bertz CT molecular complexity index is 634. The van der Waals surface area contributed by atoms with E-state index >= 15 is 0 Å². The van der Waals surface area contributed by atoms with Crippen LogP contribution in [0.15, 0.2) is 24.3 Å². The molecule has 2 heterocycles. The average Bonchev–Trinajstić information content (AvgIpc) is 2.92. The Hall–Kier alpha value is -1.99. The van der Waals surface area contributed by atoms with Gasteiger partial charge in [0.2, 0.25) is 5.91 Å². The van der Waals surface area contributed by atoms with Gasteiger partial charge in [0.05, 0.1) is 13.2 Å². The zero-order chi connectivity index (χ0) is 18.4. The number of benzene rings is 1. The predicted molar refractivity (Wildman–Crippen MR) is 95.4 cm³/mol. The van der Waals surface area contributed by atoms with Crippen LogP contribution in [0.5, 0.6) is 0 Å². The summed E-state index contributed by atoms with van der Waals surface area (Å²) >= 11 is 0. The van der Waals surface area contributed by atoms with Gasteiger partial charge < -0.3 is 19.4 Å². The largest absolute Gasteiger partial charge is 0.378 e. The van der Waals surface area contributed by atoms with E-state index in [4.69, 9.17) is 4.74 Å². The van der Waals surface area contributed by atoms with Crippen molar-refractivity contribution in [1.29, 1.82) is 0 Å². The molecule has 2 amide bonds. The number of ether oxygens (including phenoxy) is 1. The normalized spacial score (nSPS) is 19.3. The van der Waals surface area contributed by atoms with Crippen molar-refractivity contribution in [2.45, 2.75) is 12.8 Å². The van der Waals surface area contributed by atoms with Gasteiger partial charge in [-0.1, -0.05) is 6.07 Å². The fourth-order valence-electron chi connectivity index (χ4n) is 3.43. The first-order valence-electron chi connectivity index (χ1n) is 9.26. The molecular formula is C19H26FN3O3. The summed E-state index contributed by atoms with van der Waals surface area (Å²) < 4.78 is 18.6. The maximum atomic E-state index is 13.3. The highest BCUT2D eigenvalue weighted by molar-refractivity contribution is 5.94. The highest BCUT2D eigenvalue weighted by Crippen LogP contribution is 2.11. The summed E-state index contributed by atoms with van der Waals surface area (Å²) in [6, 6.07) is 5.83. The van der Waals surface area contributed by atoms with Crippen LogP contribution in [-0.4, -0.2) is 85.5 Å². The van der Waals surface area contributed by atoms with E-state index in [1.165, 1.54) is 12.1 Å². The van der Waals surface area contributed by atoms with E-state index in [-0.39, 0.29) is 11.8 Å². The molecule has 142 valence electrons. The quantitative estimate of drug-likeness (QED) is 0.807. The van der Waals surface area contributed by atoms with Crippen molar-refractivity contribution in [3.8, 4) is 0 Å². The molecule has 0 aromatic heterocycles. The van der Waals surface area contributed by atoms with Crippen molar-refractivity contribution in [3.05, 3.63) is 35.6 Å². The van der Waals surface area contributed by atoms with E-state index in [0.29, 0.717) is 57.9 Å². The highest BCUT2D eigenvalue weighted by Gasteiger charge is 2.22. The van der Waals surface area contributed by atoms with Crippen LogP contribution in [0.2, 0.25) is 0 Å². The minimum absolute atomic E-state index is 0.129. The monoisotopic (exact) mass is 363 g/mol. The second kappa shape index (κ2) is 9.09. The number of nitrogens with zero attached hydrogens (tertiary/aromatic N) is 3. The molecule has 2 saturated heterocycles. The SMILES string of the molecule is O=C(CCN1CCCN(C(=O)c2cccc(F)c2)CC1)N1CCOCC1. The third kappa shape index (κ3) is 5.02. The van der Waals surface area contributed by atoms with Gasteiger partial charge >= 0.3 is 0 Å². The Morgan fingerprint density at radius 2 is 1.81 bits per heavy atom. The molecule has 6 nitrogen and oxygen atoms in total. The number of hydrogen-bond donors (Lipinski definition) is 0. The lowest BCUT2D eigenvalue weighted by Gasteiger charge is -2.28. The second-order valence-corrected chi connectivity index (χ2v) is 6.74. The lowest BCUT2D eigenvalue weighted by molar-refractivity contribution is -0.135. The van der Waals surface area contributed by atoms with Gasteiger partial charge in [-0.05, 0) is 31.2 Å². The first-order chi connectivity index (χ1) is 12.6. The van der Waals surface area contributed by atoms with Crippen molar-refractivity contribution in [1.82, 2.24) is 14.7 Å². The van der Waals surface area contributed by atoms with Gasteiger partial charge in [-0.15, -0.1) is 0 Å². The van der Waals surface area contributed by atoms with Gasteiger partial charge in [-0.3, -0.25) is 9.59 Å². The van der Waals surface area contributed by atoms with E-state index in [1.54, 1.807) is 17.0 Å². The Morgan fingerprint density at radius 3 is 2.58 bits per heavy atom. The number of halogens is 1. The third-order valence-electron chi connectivity index (χ3n) is 4.95. The van der Waals surface area contributed by atoms with Crippen LogP contribution in [0.4, 0.5) is 4.39 Å². The minimum Gasteiger partial charge on any atom is -0.378 e. The lowest BCUT2D eigenvalue weighted by Crippen LogP contribution is -2.42. The third-order valence-corrected chi connectivity index (χ3v) is 4.95. The number of rotatable bonds is 4. The molecule has 2 aliphatic heterocycles. The summed E-state index contributed by atoms with van der Waals surface area (Å²) in [7, 11) is 0. The zero-order valence-corrected chi connectivity index (χ0v) is 15.0. The Morgan fingerprint density at radius 1 is 1.00 bits per heavy atom. The van der Waals surface area contributed by atoms with Gasteiger partial charge in [0.25, 0.3) is 5.91 Å². The standard InChI is InChI=1S/C19H26FN3O3/c20-17-4-1-3-16(15-17)19(25)23-7-2-6-21(9-10-23)8-5-18(24)22-11-13-26-14-12-22/h1,3-4,15H,2,5-14H2. The molecular weight excluding hydrogens is 337 g/mol. The first-order valence-corrected chi connectivity index (χ1v) is 9.26. The van der Waals surface area contributed by atoms with Crippen molar-refractivity contribution in [3.63, 3.8) is 0 Å². The Labute approximate surface area is 153 Å². The number of amides is 2. The van der Waals surface area contributed by atoms with Gasteiger partial charge in [0.1, 0.15) is 5.82 Å². The molecule has 1 aromatic carbocycles. The molecule has 3 rings (SSSR count). The van der Waals surface area contributed by atoms with Crippen molar-refractivity contribution in [2.24, 2.45) is 0 Å². The minimum atomic E-state index is -0.395. The van der Waals surface area contributed by atoms with Crippen LogP contribution in [-0.2, 0) is 9.53 Å². The second-order valence-electron chi connectivity index (χ2n) is 6.74. The molecule has 0 atom stereocenters.